The maximum absolute atomic E-state index is 13.0. The number of pyridine rings is 1. The predicted octanol–water partition coefficient (Wildman–Crippen LogP) is 3.07. The number of aromatic nitrogens is 1. The summed E-state index contributed by atoms with van der Waals surface area (Å²) in [5.74, 6) is 0.0583. The van der Waals surface area contributed by atoms with Crippen LogP contribution in [0.4, 0.5) is 19.0 Å². The monoisotopic (exact) mass is 287 g/mol. The van der Waals surface area contributed by atoms with E-state index in [-0.39, 0.29) is 11.9 Å². The van der Waals surface area contributed by atoms with Crippen molar-refractivity contribution < 1.29 is 13.2 Å². The molecule has 0 saturated carbocycles. The van der Waals surface area contributed by atoms with Crippen LogP contribution >= 0.6 is 0 Å². The van der Waals surface area contributed by atoms with E-state index in [1.165, 1.54) is 12.3 Å². The molecule has 20 heavy (non-hydrogen) atoms. The summed E-state index contributed by atoms with van der Waals surface area (Å²) in [6.45, 7) is 4.19. The number of alkyl halides is 3. The number of piperidine rings is 1. The van der Waals surface area contributed by atoms with Gasteiger partial charge in [-0.05, 0) is 37.9 Å². The van der Waals surface area contributed by atoms with Crippen LogP contribution in [0.2, 0.25) is 0 Å². The van der Waals surface area contributed by atoms with Crippen LogP contribution in [0.5, 0.6) is 0 Å². The van der Waals surface area contributed by atoms with Crippen LogP contribution in [-0.2, 0) is 6.18 Å². The van der Waals surface area contributed by atoms with E-state index in [1.807, 2.05) is 0 Å². The molecule has 2 rings (SSSR count). The van der Waals surface area contributed by atoms with Gasteiger partial charge in [0.1, 0.15) is 5.82 Å². The van der Waals surface area contributed by atoms with E-state index in [2.05, 4.69) is 17.2 Å². The molecule has 0 radical (unpaired) electrons. The van der Waals surface area contributed by atoms with E-state index in [1.54, 1.807) is 4.90 Å². The van der Waals surface area contributed by atoms with Gasteiger partial charge >= 0.3 is 6.18 Å². The zero-order valence-corrected chi connectivity index (χ0v) is 11.6. The molecular weight excluding hydrogens is 267 g/mol. The van der Waals surface area contributed by atoms with Gasteiger partial charge in [-0.25, -0.2) is 4.98 Å². The molecule has 1 aromatic heterocycles. The fourth-order valence-electron chi connectivity index (χ4n) is 2.55. The second-order valence-electron chi connectivity index (χ2n) is 5.11. The number of nitrogens with zero attached hydrogens (tertiary/aromatic N) is 2. The first kappa shape index (κ1) is 15.1. The van der Waals surface area contributed by atoms with Gasteiger partial charge in [0.05, 0.1) is 5.56 Å². The lowest BCUT2D eigenvalue weighted by molar-refractivity contribution is -0.137. The van der Waals surface area contributed by atoms with Crippen LogP contribution in [-0.4, -0.2) is 30.7 Å². The molecule has 0 amide bonds. The van der Waals surface area contributed by atoms with Crippen molar-refractivity contribution in [2.24, 2.45) is 0 Å². The van der Waals surface area contributed by atoms with Crippen molar-refractivity contribution in [2.45, 2.75) is 38.4 Å². The van der Waals surface area contributed by atoms with Gasteiger partial charge in [0.25, 0.3) is 0 Å². The third kappa shape index (κ3) is 3.62. The highest BCUT2D eigenvalue weighted by molar-refractivity contribution is 5.48. The second kappa shape index (κ2) is 6.43. The molecule has 0 bridgehead atoms. The molecule has 3 nitrogen and oxygen atoms in total. The first-order chi connectivity index (χ1) is 9.52. The summed E-state index contributed by atoms with van der Waals surface area (Å²) in [5, 5.41) is 3.38. The van der Waals surface area contributed by atoms with E-state index in [9.17, 15) is 13.2 Å². The van der Waals surface area contributed by atoms with E-state index >= 15 is 0 Å². The molecule has 1 aliphatic rings. The molecule has 112 valence electrons. The third-order valence-corrected chi connectivity index (χ3v) is 3.50. The quantitative estimate of drug-likeness (QED) is 0.922. The van der Waals surface area contributed by atoms with Crippen LogP contribution < -0.4 is 10.2 Å². The molecule has 1 saturated heterocycles. The van der Waals surface area contributed by atoms with Gasteiger partial charge in [-0.15, -0.1) is 0 Å². The number of nitrogens with one attached hydrogen (secondary N) is 1. The van der Waals surface area contributed by atoms with Gasteiger partial charge in [0.2, 0.25) is 0 Å². The molecule has 0 aromatic carbocycles. The lowest BCUT2D eigenvalue weighted by Gasteiger charge is -2.35. The maximum atomic E-state index is 13.0. The van der Waals surface area contributed by atoms with Crippen LogP contribution in [0.25, 0.3) is 0 Å². The minimum atomic E-state index is -4.35. The smallest absolute Gasteiger partial charge is 0.355 e. The van der Waals surface area contributed by atoms with Gasteiger partial charge in [-0.3, -0.25) is 0 Å². The summed E-state index contributed by atoms with van der Waals surface area (Å²) < 4.78 is 39.1. The number of rotatable bonds is 4. The summed E-state index contributed by atoms with van der Waals surface area (Å²) in [5.41, 5.74) is -0.642. The van der Waals surface area contributed by atoms with Crippen molar-refractivity contribution in [3.8, 4) is 0 Å². The predicted molar refractivity (Wildman–Crippen MR) is 72.8 cm³/mol. The average Bonchev–Trinajstić information content (AvgIpc) is 2.44. The first-order valence-corrected chi connectivity index (χ1v) is 7.03. The summed E-state index contributed by atoms with van der Waals surface area (Å²) in [6.07, 6.45) is -0.0190. The lowest BCUT2D eigenvalue weighted by Crippen LogP contribution is -2.46. The van der Waals surface area contributed by atoms with Crippen molar-refractivity contribution in [2.75, 3.05) is 24.5 Å². The van der Waals surface area contributed by atoms with Gasteiger partial charge in [-0.1, -0.05) is 6.92 Å². The third-order valence-electron chi connectivity index (χ3n) is 3.50. The highest BCUT2D eigenvalue weighted by Gasteiger charge is 2.36. The van der Waals surface area contributed by atoms with Crippen LogP contribution in [0.1, 0.15) is 31.7 Å². The van der Waals surface area contributed by atoms with Crippen molar-refractivity contribution in [3.05, 3.63) is 23.9 Å². The number of hydrogen-bond acceptors (Lipinski definition) is 3. The Hall–Kier alpha value is -1.30. The van der Waals surface area contributed by atoms with Gasteiger partial charge in [0, 0.05) is 25.3 Å². The molecule has 1 aromatic rings. The molecule has 6 heteroatoms. The molecule has 2 heterocycles. The van der Waals surface area contributed by atoms with Gasteiger partial charge in [-0.2, -0.15) is 13.2 Å². The van der Waals surface area contributed by atoms with E-state index < -0.39 is 11.7 Å². The fraction of sp³-hybridized carbons (Fsp3) is 0.643. The minimum Gasteiger partial charge on any atom is -0.355 e. The van der Waals surface area contributed by atoms with Crippen LogP contribution in [0.15, 0.2) is 18.3 Å². The van der Waals surface area contributed by atoms with E-state index in [4.69, 9.17) is 0 Å². The normalized spacial score (nSPS) is 20.2. The topological polar surface area (TPSA) is 28.2 Å². The Bertz CT molecular complexity index is 434. The zero-order valence-electron chi connectivity index (χ0n) is 11.6. The molecule has 0 spiro atoms. The fourth-order valence-corrected chi connectivity index (χ4v) is 2.55. The molecule has 1 atom stereocenters. The SMILES string of the molecule is CCCNC1CCCN(c2ncccc2C(F)(F)F)C1. The summed E-state index contributed by atoms with van der Waals surface area (Å²) in [7, 11) is 0. The van der Waals surface area contributed by atoms with Gasteiger partial charge in [0.15, 0.2) is 0 Å². The first-order valence-electron chi connectivity index (χ1n) is 7.03. The Labute approximate surface area is 117 Å². The minimum absolute atomic E-state index is 0.0583. The van der Waals surface area contributed by atoms with E-state index in [0.717, 1.165) is 31.9 Å². The largest absolute Gasteiger partial charge is 0.419 e. The molecule has 1 aliphatic heterocycles. The summed E-state index contributed by atoms with van der Waals surface area (Å²) >= 11 is 0. The highest BCUT2D eigenvalue weighted by atomic mass is 19.4. The summed E-state index contributed by atoms with van der Waals surface area (Å²) in [4.78, 5) is 5.71. The Kier molecular flexibility index (Phi) is 4.86. The summed E-state index contributed by atoms with van der Waals surface area (Å²) in [6, 6.07) is 2.68. The van der Waals surface area contributed by atoms with Crippen molar-refractivity contribution in [3.63, 3.8) is 0 Å². The highest BCUT2D eigenvalue weighted by Crippen LogP contribution is 2.35. The molecule has 1 unspecified atom stereocenters. The standard InChI is InChI=1S/C14H20F3N3/c1-2-7-18-11-5-4-9-20(10-11)13-12(14(15,16)17)6-3-8-19-13/h3,6,8,11,18H,2,4-5,7,9-10H2,1H3. The number of hydrogen-bond donors (Lipinski definition) is 1. The van der Waals surface area contributed by atoms with Crippen molar-refractivity contribution in [1.82, 2.24) is 10.3 Å². The Balaban J connectivity index is 2.15. The molecule has 1 fully saturated rings. The molecule has 0 aliphatic carbocycles. The second-order valence-corrected chi connectivity index (χ2v) is 5.11. The Morgan fingerprint density at radius 3 is 2.95 bits per heavy atom. The molecular formula is C14H20F3N3. The van der Waals surface area contributed by atoms with E-state index in [0.29, 0.717) is 13.1 Å². The molecule has 1 N–H and O–H groups in total. The zero-order chi connectivity index (χ0) is 14.6. The maximum Gasteiger partial charge on any atom is 0.419 e. The van der Waals surface area contributed by atoms with Crippen LogP contribution in [0.3, 0.4) is 0 Å². The van der Waals surface area contributed by atoms with Crippen molar-refractivity contribution in [1.29, 1.82) is 0 Å². The number of anilines is 1. The average molecular weight is 287 g/mol. The number of halogens is 3. The van der Waals surface area contributed by atoms with Gasteiger partial charge < -0.3 is 10.2 Å². The van der Waals surface area contributed by atoms with Crippen molar-refractivity contribution >= 4 is 5.82 Å². The Morgan fingerprint density at radius 1 is 1.45 bits per heavy atom. The van der Waals surface area contributed by atoms with Crippen LogP contribution in [0, 0.1) is 0 Å². The lowest BCUT2D eigenvalue weighted by atomic mass is 10.0. The Morgan fingerprint density at radius 2 is 2.25 bits per heavy atom.